The average molecular weight is 389 g/mol. The minimum Gasteiger partial charge on any atom is -0.308 e. The molecule has 0 atom stereocenters. The van der Waals surface area contributed by atoms with Gasteiger partial charge in [0.15, 0.2) is 0 Å². The number of pyridine rings is 1. The van der Waals surface area contributed by atoms with Gasteiger partial charge in [-0.2, -0.15) is 0 Å². The van der Waals surface area contributed by atoms with Gasteiger partial charge in [0.1, 0.15) is 10.7 Å². The SMILES string of the molecule is Brc1cnc(-c2nc(CNC3CC3)cs2)c(Br)c1. The van der Waals surface area contributed by atoms with Gasteiger partial charge in [0, 0.05) is 33.1 Å². The molecule has 3 rings (SSSR count). The van der Waals surface area contributed by atoms with Crippen molar-refractivity contribution in [2.75, 3.05) is 0 Å². The van der Waals surface area contributed by atoms with E-state index in [1.54, 1.807) is 17.5 Å². The van der Waals surface area contributed by atoms with Gasteiger partial charge in [-0.1, -0.05) is 0 Å². The quantitative estimate of drug-likeness (QED) is 0.860. The van der Waals surface area contributed by atoms with E-state index >= 15 is 0 Å². The highest BCUT2D eigenvalue weighted by Crippen LogP contribution is 2.30. The molecule has 0 radical (unpaired) electrons. The second kappa shape index (κ2) is 5.36. The first-order valence-electron chi connectivity index (χ1n) is 5.71. The van der Waals surface area contributed by atoms with Crippen LogP contribution in [0.2, 0.25) is 0 Å². The molecule has 94 valence electrons. The Balaban J connectivity index is 1.78. The van der Waals surface area contributed by atoms with Crippen LogP contribution in [0.5, 0.6) is 0 Å². The molecule has 1 fully saturated rings. The van der Waals surface area contributed by atoms with Crippen LogP contribution in [0.1, 0.15) is 18.5 Å². The minimum atomic E-state index is 0.715. The number of hydrogen-bond donors (Lipinski definition) is 1. The fourth-order valence-corrected chi connectivity index (χ4v) is 3.74. The topological polar surface area (TPSA) is 37.8 Å². The predicted octanol–water partition coefficient (Wildman–Crippen LogP) is 3.98. The van der Waals surface area contributed by atoms with Crippen molar-refractivity contribution in [3.8, 4) is 10.7 Å². The summed E-state index contributed by atoms with van der Waals surface area (Å²) in [6, 6.07) is 2.71. The second-order valence-electron chi connectivity index (χ2n) is 4.28. The summed E-state index contributed by atoms with van der Waals surface area (Å²) >= 11 is 8.56. The van der Waals surface area contributed by atoms with Gasteiger partial charge < -0.3 is 5.32 Å². The normalized spacial score (nSPS) is 15.0. The molecule has 0 saturated heterocycles. The zero-order valence-electron chi connectivity index (χ0n) is 9.49. The van der Waals surface area contributed by atoms with E-state index in [1.807, 2.05) is 6.07 Å². The molecule has 6 heteroatoms. The number of aromatic nitrogens is 2. The van der Waals surface area contributed by atoms with Crippen LogP contribution in [0.3, 0.4) is 0 Å². The van der Waals surface area contributed by atoms with Crippen molar-refractivity contribution in [2.24, 2.45) is 0 Å². The Bertz CT molecular complexity index is 566. The first-order valence-corrected chi connectivity index (χ1v) is 8.18. The number of hydrogen-bond acceptors (Lipinski definition) is 4. The fraction of sp³-hybridized carbons (Fsp3) is 0.333. The van der Waals surface area contributed by atoms with Crippen molar-refractivity contribution in [3.05, 3.63) is 32.3 Å². The van der Waals surface area contributed by atoms with Crippen molar-refractivity contribution in [1.82, 2.24) is 15.3 Å². The van der Waals surface area contributed by atoms with E-state index in [4.69, 9.17) is 0 Å². The molecule has 2 heterocycles. The lowest BCUT2D eigenvalue weighted by atomic mass is 10.3. The van der Waals surface area contributed by atoms with Gasteiger partial charge in [0.05, 0.1) is 5.69 Å². The first-order chi connectivity index (χ1) is 8.72. The number of nitrogens with zero attached hydrogens (tertiary/aromatic N) is 2. The third-order valence-corrected chi connectivity index (χ3v) is 4.65. The Hall–Kier alpha value is -0.300. The molecule has 1 N–H and O–H groups in total. The minimum absolute atomic E-state index is 0.715. The van der Waals surface area contributed by atoms with E-state index in [0.29, 0.717) is 6.04 Å². The molecular formula is C12H11Br2N3S. The van der Waals surface area contributed by atoms with Gasteiger partial charge in [-0.05, 0) is 50.8 Å². The molecule has 0 aliphatic heterocycles. The van der Waals surface area contributed by atoms with E-state index in [2.05, 4.69) is 52.5 Å². The molecule has 2 aromatic rings. The molecule has 18 heavy (non-hydrogen) atoms. The third kappa shape index (κ3) is 2.99. The van der Waals surface area contributed by atoms with Crippen LogP contribution in [-0.4, -0.2) is 16.0 Å². The monoisotopic (exact) mass is 387 g/mol. The highest BCUT2D eigenvalue weighted by Gasteiger charge is 2.20. The van der Waals surface area contributed by atoms with Gasteiger partial charge in [-0.25, -0.2) is 4.98 Å². The molecule has 0 bridgehead atoms. The molecule has 2 aromatic heterocycles. The summed E-state index contributed by atoms with van der Waals surface area (Å²) in [7, 11) is 0. The van der Waals surface area contributed by atoms with Crippen molar-refractivity contribution in [1.29, 1.82) is 0 Å². The average Bonchev–Trinajstić information content (AvgIpc) is 3.05. The number of nitrogens with one attached hydrogen (secondary N) is 1. The van der Waals surface area contributed by atoms with Crippen LogP contribution in [-0.2, 0) is 6.54 Å². The lowest BCUT2D eigenvalue weighted by Crippen LogP contribution is -2.15. The zero-order chi connectivity index (χ0) is 12.5. The summed E-state index contributed by atoms with van der Waals surface area (Å²) in [4.78, 5) is 9.02. The van der Waals surface area contributed by atoms with Crippen molar-refractivity contribution in [2.45, 2.75) is 25.4 Å². The summed E-state index contributed by atoms with van der Waals surface area (Å²) in [5.74, 6) is 0. The molecule has 3 nitrogen and oxygen atoms in total. The second-order valence-corrected chi connectivity index (χ2v) is 6.91. The smallest absolute Gasteiger partial charge is 0.143 e. The summed E-state index contributed by atoms with van der Waals surface area (Å²) in [5.41, 5.74) is 2.00. The maximum Gasteiger partial charge on any atom is 0.143 e. The van der Waals surface area contributed by atoms with Gasteiger partial charge in [0.2, 0.25) is 0 Å². The molecular weight excluding hydrogens is 378 g/mol. The van der Waals surface area contributed by atoms with Crippen LogP contribution in [0, 0.1) is 0 Å². The van der Waals surface area contributed by atoms with Crippen molar-refractivity contribution >= 4 is 43.2 Å². The van der Waals surface area contributed by atoms with Crippen molar-refractivity contribution in [3.63, 3.8) is 0 Å². The first kappa shape index (κ1) is 12.7. The summed E-state index contributed by atoms with van der Waals surface area (Å²) in [5, 5.41) is 6.52. The molecule has 1 aliphatic rings. The lowest BCUT2D eigenvalue weighted by Gasteiger charge is -2.00. The Labute approximate surface area is 126 Å². The van der Waals surface area contributed by atoms with Gasteiger partial charge in [0.25, 0.3) is 0 Å². The van der Waals surface area contributed by atoms with Gasteiger partial charge in [-0.15, -0.1) is 11.3 Å². The van der Waals surface area contributed by atoms with Gasteiger partial charge >= 0.3 is 0 Å². The van der Waals surface area contributed by atoms with E-state index in [0.717, 1.165) is 31.9 Å². The summed E-state index contributed by atoms with van der Waals surface area (Å²) < 4.78 is 1.93. The fourth-order valence-electron chi connectivity index (χ4n) is 1.61. The Morgan fingerprint density at radius 2 is 2.22 bits per heavy atom. The zero-order valence-corrected chi connectivity index (χ0v) is 13.5. The van der Waals surface area contributed by atoms with Crippen LogP contribution < -0.4 is 5.32 Å². The summed E-state index contributed by atoms with van der Waals surface area (Å²) in [6.07, 6.45) is 4.40. The van der Waals surface area contributed by atoms with E-state index in [9.17, 15) is 0 Å². The maximum atomic E-state index is 4.62. The van der Waals surface area contributed by atoms with Crippen LogP contribution in [0.25, 0.3) is 10.7 Å². The van der Waals surface area contributed by atoms with E-state index < -0.39 is 0 Å². The Kier molecular flexibility index (Phi) is 3.79. The number of halogens is 2. The standard InChI is InChI=1S/C12H11Br2N3S/c13-7-3-10(14)11(16-4-7)12-17-9(6-18-12)5-15-8-1-2-8/h3-4,6,8,15H,1-2,5H2. The molecule has 1 saturated carbocycles. The number of rotatable bonds is 4. The Morgan fingerprint density at radius 1 is 1.39 bits per heavy atom. The van der Waals surface area contributed by atoms with Gasteiger partial charge in [-0.3, -0.25) is 4.98 Å². The molecule has 0 amide bonds. The number of thiazole rings is 1. The highest BCUT2D eigenvalue weighted by atomic mass is 79.9. The van der Waals surface area contributed by atoms with Crippen molar-refractivity contribution < 1.29 is 0 Å². The highest BCUT2D eigenvalue weighted by molar-refractivity contribution is 9.11. The molecule has 0 unspecified atom stereocenters. The summed E-state index contributed by atoms with van der Waals surface area (Å²) in [6.45, 7) is 0.856. The van der Waals surface area contributed by atoms with E-state index in [1.165, 1.54) is 12.8 Å². The lowest BCUT2D eigenvalue weighted by molar-refractivity contribution is 0.677. The van der Waals surface area contributed by atoms with Crippen LogP contribution in [0.4, 0.5) is 0 Å². The largest absolute Gasteiger partial charge is 0.308 e. The van der Waals surface area contributed by atoms with Crippen LogP contribution >= 0.6 is 43.2 Å². The maximum absolute atomic E-state index is 4.62. The molecule has 0 aromatic carbocycles. The predicted molar refractivity (Wildman–Crippen MR) is 80.6 cm³/mol. The van der Waals surface area contributed by atoms with Crippen LogP contribution in [0.15, 0.2) is 26.6 Å². The molecule has 1 aliphatic carbocycles. The van der Waals surface area contributed by atoms with E-state index in [-0.39, 0.29) is 0 Å². The Morgan fingerprint density at radius 3 is 2.94 bits per heavy atom. The molecule has 0 spiro atoms. The third-order valence-electron chi connectivity index (χ3n) is 2.71.